The predicted octanol–water partition coefficient (Wildman–Crippen LogP) is 10.5. The molecule has 6 aromatic carbocycles. The first-order valence-electron chi connectivity index (χ1n) is 18.8. The zero-order valence-corrected chi connectivity index (χ0v) is 30.3. The van der Waals surface area contributed by atoms with Crippen LogP contribution in [0.15, 0.2) is 133 Å². The van der Waals surface area contributed by atoms with Crippen molar-refractivity contribution < 1.29 is 9.47 Å². The molecule has 262 valence electrons. The summed E-state index contributed by atoms with van der Waals surface area (Å²) in [5.74, 6) is 1.96. The predicted molar refractivity (Wildman–Crippen MR) is 214 cm³/mol. The summed E-state index contributed by atoms with van der Waals surface area (Å²) < 4.78 is 13.1. The highest BCUT2D eigenvalue weighted by Gasteiger charge is 2.35. The van der Waals surface area contributed by atoms with Gasteiger partial charge in [-0.15, -0.1) is 0 Å². The monoisotopic (exact) mass is 684 g/mol. The maximum absolute atomic E-state index is 6.54. The van der Waals surface area contributed by atoms with E-state index in [9.17, 15) is 0 Å². The first-order valence-corrected chi connectivity index (χ1v) is 18.8. The number of hydrogen-bond donors (Lipinski definition) is 2. The lowest BCUT2D eigenvalue weighted by Gasteiger charge is -2.36. The summed E-state index contributed by atoms with van der Waals surface area (Å²) in [4.78, 5) is 0. The number of rotatable bonds is 9. The van der Waals surface area contributed by atoms with E-state index in [4.69, 9.17) is 9.47 Å². The van der Waals surface area contributed by atoms with Gasteiger partial charge in [0.25, 0.3) is 0 Å². The molecule has 8 aliphatic rings. The topological polar surface area (TPSA) is 42.5 Å². The van der Waals surface area contributed by atoms with Crippen LogP contribution < -0.4 is 20.1 Å². The molecule has 0 spiro atoms. The van der Waals surface area contributed by atoms with Gasteiger partial charge in [-0.2, -0.15) is 0 Å². The molecule has 4 nitrogen and oxygen atoms in total. The fourth-order valence-electron chi connectivity index (χ4n) is 8.30. The fraction of sp³-hybridized carbons (Fsp3) is 0.250. The molecule has 2 atom stereocenters. The summed E-state index contributed by atoms with van der Waals surface area (Å²) in [6.45, 7) is 0. The highest BCUT2D eigenvalue weighted by molar-refractivity contribution is 5.61. The normalized spacial score (nSPS) is 14.7. The van der Waals surface area contributed by atoms with Crippen molar-refractivity contribution in [3.05, 3.63) is 189 Å². The highest BCUT2D eigenvalue weighted by atomic mass is 16.5. The Kier molecular flexibility index (Phi) is 9.97. The Hall–Kier alpha value is -5.48. The molecule has 2 N–H and O–H groups in total. The summed E-state index contributed by atoms with van der Waals surface area (Å²) in [6, 6.07) is 48.6. The van der Waals surface area contributed by atoms with E-state index in [1.165, 1.54) is 55.6 Å². The highest BCUT2D eigenvalue weighted by Crippen LogP contribution is 2.47. The molecule has 0 saturated carbocycles. The van der Waals surface area contributed by atoms with Gasteiger partial charge in [0.1, 0.15) is 11.5 Å². The molecule has 52 heavy (non-hydrogen) atoms. The van der Waals surface area contributed by atoms with Crippen LogP contribution in [0.2, 0.25) is 0 Å². The van der Waals surface area contributed by atoms with Gasteiger partial charge in [0.2, 0.25) is 0 Å². The van der Waals surface area contributed by atoms with Gasteiger partial charge in [-0.1, -0.05) is 109 Å². The molecule has 0 radical (unpaired) electrons. The van der Waals surface area contributed by atoms with E-state index in [1.807, 2.05) is 14.2 Å². The standard InChI is InChI=1S/C48H48N2O2/c1-51-47-39-27-23-35-17-13-33(14-18-35)21-25-37(29-31-39)43(47)45(49-41-9-5-3-6-10-41)46(50-42-11-7-4-8-12-42)44-38-26-22-34-15-19-36(20-16-34)24-28-40(32-30-38)48(44)52-2/h3-20,29-32,45-46,49-50H,21-28H2,1-2H3/t45-,46-/m0/s1. The van der Waals surface area contributed by atoms with Gasteiger partial charge in [0.15, 0.2) is 0 Å². The van der Waals surface area contributed by atoms with E-state index in [1.54, 1.807) is 0 Å². The maximum atomic E-state index is 6.54. The van der Waals surface area contributed by atoms with E-state index >= 15 is 0 Å². The second kappa shape index (κ2) is 15.4. The van der Waals surface area contributed by atoms with Crippen molar-refractivity contribution in [2.75, 3.05) is 24.9 Å². The minimum atomic E-state index is -0.217. The van der Waals surface area contributed by atoms with Crippen molar-refractivity contribution in [1.82, 2.24) is 0 Å². The zero-order valence-electron chi connectivity index (χ0n) is 30.3. The summed E-state index contributed by atoms with van der Waals surface area (Å²) in [7, 11) is 3.70. The van der Waals surface area contributed by atoms with Crippen molar-refractivity contribution in [2.45, 2.75) is 63.5 Å². The van der Waals surface area contributed by atoms with Crippen LogP contribution in [0.1, 0.15) is 67.7 Å². The molecule has 4 heteroatoms. The van der Waals surface area contributed by atoms with Crippen LogP contribution >= 0.6 is 0 Å². The second-order valence-electron chi connectivity index (χ2n) is 14.3. The van der Waals surface area contributed by atoms with Gasteiger partial charge in [-0.3, -0.25) is 0 Å². The number of aryl methyl sites for hydroxylation is 8. The zero-order chi connectivity index (χ0) is 35.3. The third-order valence-electron chi connectivity index (χ3n) is 11.1. The molecule has 0 unspecified atom stereocenters. The Morgan fingerprint density at radius 3 is 1.00 bits per heavy atom. The van der Waals surface area contributed by atoms with Crippen LogP contribution in [-0.4, -0.2) is 14.2 Å². The van der Waals surface area contributed by atoms with E-state index in [2.05, 4.69) is 144 Å². The lowest BCUT2D eigenvalue weighted by atomic mass is 9.81. The molecule has 0 aliphatic heterocycles. The van der Waals surface area contributed by atoms with Crippen molar-refractivity contribution in [1.29, 1.82) is 0 Å². The molecular weight excluding hydrogens is 637 g/mol. The molecule has 0 aromatic heterocycles. The molecule has 0 fully saturated rings. The average molecular weight is 685 g/mol. The van der Waals surface area contributed by atoms with Gasteiger partial charge in [0.05, 0.1) is 26.3 Å². The minimum Gasteiger partial charge on any atom is -0.496 e. The van der Waals surface area contributed by atoms with Crippen LogP contribution in [-0.2, 0) is 51.4 Å². The SMILES string of the molecule is COc1c2ccc(c1[C@H](Nc1ccccc1)[C@@H](Nc1ccccc1)c1c3ccc(c1OC)CCc1ccc(cc1)CC3)CCc1ccc(cc1)CC2. The van der Waals surface area contributed by atoms with Gasteiger partial charge in [-0.25, -0.2) is 0 Å². The van der Waals surface area contributed by atoms with Crippen LogP contribution in [0.4, 0.5) is 11.4 Å². The van der Waals surface area contributed by atoms with Crippen molar-refractivity contribution in [3.8, 4) is 11.5 Å². The number of nitrogens with one attached hydrogen (secondary N) is 2. The molecule has 0 amide bonds. The lowest BCUT2D eigenvalue weighted by molar-refractivity contribution is 0.390. The third-order valence-corrected chi connectivity index (χ3v) is 11.1. The Labute approximate surface area is 308 Å². The molecule has 14 rings (SSSR count). The molecule has 8 bridgehead atoms. The van der Waals surface area contributed by atoms with Crippen LogP contribution in [0, 0.1) is 0 Å². The molecule has 6 aromatic rings. The first kappa shape index (κ1) is 33.7. The molecule has 0 heterocycles. The van der Waals surface area contributed by atoms with Crippen LogP contribution in [0.25, 0.3) is 0 Å². The minimum absolute atomic E-state index is 0.217. The Morgan fingerprint density at radius 2 is 0.673 bits per heavy atom. The van der Waals surface area contributed by atoms with Gasteiger partial charge < -0.3 is 20.1 Å². The van der Waals surface area contributed by atoms with E-state index < -0.39 is 0 Å². The number of hydrogen-bond acceptors (Lipinski definition) is 4. The lowest BCUT2D eigenvalue weighted by Crippen LogP contribution is -2.29. The van der Waals surface area contributed by atoms with E-state index in [0.717, 1.165) is 74.2 Å². The number of anilines is 2. The van der Waals surface area contributed by atoms with Crippen molar-refractivity contribution in [2.24, 2.45) is 0 Å². The Morgan fingerprint density at radius 1 is 0.365 bits per heavy atom. The average Bonchev–Trinajstić information content (AvgIpc) is 3.18. The van der Waals surface area contributed by atoms with Gasteiger partial charge >= 0.3 is 0 Å². The number of para-hydroxylation sites is 2. The maximum Gasteiger partial charge on any atom is 0.127 e. The quantitative estimate of drug-likeness (QED) is 0.159. The summed E-state index contributed by atoms with van der Waals surface area (Å²) in [6.07, 6.45) is 7.41. The van der Waals surface area contributed by atoms with Crippen LogP contribution in [0.5, 0.6) is 11.5 Å². The summed E-state index contributed by atoms with van der Waals surface area (Å²) in [5.41, 5.74) is 15.0. The first-order chi connectivity index (χ1) is 25.7. The largest absolute Gasteiger partial charge is 0.496 e. The fourth-order valence-corrected chi connectivity index (χ4v) is 8.30. The van der Waals surface area contributed by atoms with Gasteiger partial charge in [0, 0.05) is 22.5 Å². The van der Waals surface area contributed by atoms with Gasteiger partial charge in [-0.05, 0) is 120 Å². The summed E-state index contributed by atoms with van der Waals surface area (Å²) in [5, 5.41) is 8.21. The van der Waals surface area contributed by atoms with E-state index in [-0.39, 0.29) is 12.1 Å². The van der Waals surface area contributed by atoms with Crippen LogP contribution in [0.3, 0.4) is 0 Å². The molecule has 8 aliphatic carbocycles. The van der Waals surface area contributed by atoms with Crippen molar-refractivity contribution >= 4 is 11.4 Å². The van der Waals surface area contributed by atoms with Crippen molar-refractivity contribution in [3.63, 3.8) is 0 Å². The Balaban J connectivity index is 1.37. The van der Waals surface area contributed by atoms with E-state index in [0.29, 0.717) is 0 Å². The molecule has 0 saturated heterocycles. The Bertz CT molecular complexity index is 1950. The third kappa shape index (κ3) is 7.16. The number of methoxy groups -OCH3 is 2. The smallest absolute Gasteiger partial charge is 0.127 e. The number of ether oxygens (including phenoxy) is 2. The molecular formula is C48H48N2O2. The summed E-state index contributed by atoms with van der Waals surface area (Å²) >= 11 is 0. The number of benzene rings is 6. The second-order valence-corrected chi connectivity index (χ2v) is 14.3.